The average Bonchev–Trinajstić information content (AvgIpc) is 3.08. The van der Waals surface area contributed by atoms with Crippen molar-refractivity contribution in [3.8, 4) is 22.1 Å². The molecule has 0 aliphatic carbocycles. The Balaban J connectivity index is 1.97. The number of thiazole rings is 1. The summed E-state index contributed by atoms with van der Waals surface area (Å²) in [7, 11) is 0. The monoisotopic (exact) mass is 267 g/mol. The quantitative estimate of drug-likeness (QED) is 0.672. The normalized spacial score (nSPS) is 10.5. The molecule has 0 amide bonds. The number of allylic oxidation sites excluding steroid dienone is 1. The smallest absolute Gasteiger partial charge is 0.169 e. The largest absolute Gasteiger partial charge is 0.325 e. The van der Waals surface area contributed by atoms with E-state index in [0.717, 1.165) is 28.6 Å². The highest BCUT2D eigenvalue weighted by Gasteiger charge is 2.10. The van der Waals surface area contributed by atoms with Crippen LogP contribution in [0.5, 0.6) is 0 Å². The molecule has 94 valence electrons. The second-order valence-corrected chi connectivity index (χ2v) is 4.95. The Hall–Kier alpha value is -2.20. The van der Waals surface area contributed by atoms with Crippen molar-refractivity contribution in [3.63, 3.8) is 0 Å². The summed E-state index contributed by atoms with van der Waals surface area (Å²) < 4.78 is 2.04. The Bertz CT molecular complexity index is 682. The molecular formula is C15H13N3S. The van der Waals surface area contributed by atoms with Gasteiger partial charge < -0.3 is 4.57 Å². The van der Waals surface area contributed by atoms with Gasteiger partial charge >= 0.3 is 0 Å². The van der Waals surface area contributed by atoms with E-state index in [4.69, 9.17) is 0 Å². The highest BCUT2D eigenvalue weighted by molar-refractivity contribution is 7.13. The van der Waals surface area contributed by atoms with Gasteiger partial charge in [-0.25, -0.2) is 9.97 Å². The average molecular weight is 267 g/mol. The molecule has 2 heterocycles. The van der Waals surface area contributed by atoms with Gasteiger partial charge in [0.25, 0.3) is 0 Å². The molecule has 0 aliphatic heterocycles. The molecular weight excluding hydrogens is 254 g/mol. The van der Waals surface area contributed by atoms with Crippen LogP contribution in [-0.4, -0.2) is 14.5 Å². The Morgan fingerprint density at radius 2 is 2.11 bits per heavy atom. The Labute approximate surface area is 115 Å². The topological polar surface area (TPSA) is 30.7 Å². The molecule has 19 heavy (non-hydrogen) atoms. The van der Waals surface area contributed by atoms with Crippen molar-refractivity contribution in [3.05, 3.63) is 60.8 Å². The number of imidazole rings is 1. The first-order chi connectivity index (χ1) is 9.38. The number of aromatic nitrogens is 3. The van der Waals surface area contributed by atoms with E-state index in [2.05, 4.69) is 34.1 Å². The molecule has 0 fully saturated rings. The number of nitrogens with zero attached hydrogens (tertiary/aromatic N) is 3. The van der Waals surface area contributed by atoms with Crippen molar-refractivity contribution in [1.82, 2.24) is 14.5 Å². The maximum absolute atomic E-state index is 4.67. The minimum Gasteiger partial charge on any atom is -0.325 e. The van der Waals surface area contributed by atoms with E-state index < -0.39 is 0 Å². The van der Waals surface area contributed by atoms with E-state index in [-0.39, 0.29) is 0 Å². The van der Waals surface area contributed by atoms with Gasteiger partial charge in [0, 0.05) is 29.9 Å². The number of rotatable bonds is 4. The minimum absolute atomic E-state index is 0.746. The zero-order chi connectivity index (χ0) is 13.1. The maximum Gasteiger partial charge on any atom is 0.169 e. The first-order valence-corrected chi connectivity index (χ1v) is 6.90. The molecule has 3 aromatic rings. The lowest BCUT2D eigenvalue weighted by Crippen LogP contribution is -1.96. The van der Waals surface area contributed by atoms with Crippen molar-refractivity contribution >= 4 is 11.3 Å². The van der Waals surface area contributed by atoms with Crippen molar-refractivity contribution < 1.29 is 0 Å². The summed E-state index contributed by atoms with van der Waals surface area (Å²) in [6, 6.07) is 10.2. The summed E-state index contributed by atoms with van der Waals surface area (Å²) in [6.45, 7) is 4.50. The third-order valence-electron chi connectivity index (χ3n) is 2.81. The van der Waals surface area contributed by atoms with E-state index in [9.17, 15) is 0 Å². The molecule has 0 spiro atoms. The van der Waals surface area contributed by atoms with E-state index in [0.29, 0.717) is 0 Å². The molecule has 1 aromatic carbocycles. The summed E-state index contributed by atoms with van der Waals surface area (Å²) in [5.74, 6) is 0.895. The third-order valence-corrected chi connectivity index (χ3v) is 3.64. The molecule has 0 bridgehead atoms. The summed E-state index contributed by atoms with van der Waals surface area (Å²) in [5, 5.41) is 3.00. The van der Waals surface area contributed by atoms with Crippen LogP contribution in [-0.2, 0) is 6.54 Å². The maximum atomic E-state index is 4.67. The van der Waals surface area contributed by atoms with Crippen molar-refractivity contribution in [2.75, 3.05) is 0 Å². The molecule has 0 aliphatic rings. The van der Waals surface area contributed by atoms with Gasteiger partial charge in [-0.1, -0.05) is 36.4 Å². The fourth-order valence-electron chi connectivity index (χ4n) is 1.91. The van der Waals surface area contributed by atoms with Gasteiger partial charge in [0.2, 0.25) is 0 Å². The van der Waals surface area contributed by atoms with Crippen LogP contribution in [0.1, 0.15) is 0 Å². The predicted molar refractivity (Wildman–Crippen MR) is 79.0 cm³/mol. The van der Waals surface area contributed by atoms with Crippen molar-refractivity contribution in [1.29, 1.82) is 0 Å². The lowest BCUT2D eigenvalue weighted by molar-refractivity contribution is 0.831. The number of hydrogen-bond acceptors (Lipinski definition) is 3. The van der Waals surface area contributed by atoms with E-state index >= 15 is 0 Å². The minimum atomic E-state index is 0.746. The van der Waals surface area contributed by atoms with Crippen LogP contribution in [0.15, 0.2) is 60.8 Å². The first kappa shape index (κ1) is 11.9. The van der Waals surface area contributed by atoms with Gasteiger partial charge in [0.05, 0.1) is 5.69 Å². The molecule has 0 atom stereocenters. The Kier molecular flexibility index (Phi) is 3.25. The van der Waals surface area contributed by atoms with Gasteiger partial charge in [0.1, 0.15) is 0 Å². The molecule has 4 heteroatoms. The lowest BCUT2D eigenvalue weighted by atomic mass is 10.2. The molecule has 3 nitrogen and oxygen atoms in total. The second-order valence-electron chi connectivity index (χ2n) is 4.10. The third kappa shape index (κ3) is 2.35. The standard InChI is InChI=1S/C15H13N3S/c1-2-9-18-10-8-16-14(18)15-17-13(11-19-15)12-6-4-3-5-7-12/h2-8,10-11H,1,9H2. The highest BCUT2D eigenvalue weighted by Crippen LogP contribution is 2.27. The molecule has 0 radical (unpaired) electrons. The summed E-state index contributed by atoms with van der Waals surface area (Å²) in [5.41, 5.74) is 2.13. The van der Waals surface area contributed by atoms with Gasteiger partial charge in [-0.05, 0) is 0 Å². The summed E-state index contributed by atoms with van der Waals surface area (Å²) in [4.78, 5) is 9.04. The highest BCUT2D eigenvalue weighted by atomic mass is 32.1. The molecule has 0 N–H and O–H groups in total. The van der Waals surface area contributed by atoms with Crippen LogP contribution in [0.3, 0.4) is 0 Å². The van der Waals surface area contributed by atoms with Gasteiger partial charge in [0.15, 0.2) is 10.8 Å². The second kappa shape index (κ2) is 5.20. The first-order valence-electron chi connectivity index (χ1n) is 6.02. The van der Waals surface area contributed by atoms with E-state index in [1.165, 1.54) is 0 Å². The van der Waals surface area contributed by atoms with Crippen LogP contribution in [0.25, 0.3) is 22.1 Å². The fourth-order valence-corrected chi connectivity index (χ4v) is 2.75. The molecule has 0 unspecified atom stereocenters. The van der Waals surface area contributed by atoms with Crippen LogP contribution >= 0.6 is 11.3 Å². The predicted octanol–water partition coefficient (Wildman–Crippen LogP) is 3.86. The summed E-state index contributed by atoms with van der Waals surface area (Å²) in [6.07, 6.45) is 5.60. The van der Waals surface area contributed by atoms with Crippen LogP contribution in [0.2, 0.25) is 0 Å². The molecule has 0 saturated heterocycles. The zero-order valence-corrected chi connectivity index (χ0v) is 11.2. The van der Waals surface area contributed by atoms with E-state index in [1.807, 2.05) is 35.0 Å². The lowest BCUT2D eigenvalue weighted by Gasteiger charge is -2.01. The van der Waals surface area contributed by atoms with Crippen LogP contribution in [0.4, 0.5) is 0 Å². The van der Waals surface area contributed by atoms with Crippen molar-refractivity contribution in [2.45, 2.75) is 6.54 Å². The van der Waals surface area contributed by atoms with Gasteiger partial charge in [-0.15, -0.1) is 17.9 Å². The summed E-state index contributed by atoms with van der Waals surface area (Å²) >= 11 is 1.61. The zero-order valence-electron chi connectivity index (χ0n) is 10.4. The van der Waals surface area contributed by atoms with Gasteiger partial charge in [-0.3, -0.25) is 0 Å². The van der Waals surface area contributed by atoms with Crippen LogP contribution < -0.4 is 0 Å². The fraction of sp³-hybridized carbons (Fsp3) is 0.0667. The Morgan fingerprint density at radius 1 is 1.26 bits per heavy atom. The molecule has 3 rings (SSSR count). The Morgan fingerprint density at radius 3 is 2.89 bits per heavy atom. The molecule has 2 aromatic heterocycles. The van der Waals surface area contributed by atoms with Crippen molar-refractivity contribution in [2.24, 2.45) is 0 Å². The molecule has 0 saturated carbocycles. The van der Waals surface area contributed by atoms with Crippen LogP contribution in [0, 0.1) is 0 Å². The van der Waals surface area contributed by atoms with Gasteiger partial charge in [-0.2, -0.15) is 0 Å². The number of benzene rings is 1. The SMILES string of the molecule is C=CCn1ccnc1-c1nc(-c2ccccc2)cs1. The van der Waals surface area contributed by atoms with E-state index in [1.54, 1.807) is 17.5 Å². The number of hydrogen-bond donors (Lipinski definition) is 0.